The highest BCUT2D eigenvalue weighted by atomic mass is 32.2. The number of nitrogens with zero attached hydrogens (tertiary/aromatic N) is 2. The molecule has 0 bridgehead atoms. The zero-order valence-electron chi connectivity index (χ0n) is 15.0. The van der Waals surface area contributed by atoms with E-state index in [1.807, 2.05) is 6.92 Å². The number of rotatable bonds is 3. The van der Waals surface area contributed by atoms with E-state index in [9.17, 15) is 18.5 Å². The van der Waals surface area contributed by atoms with Gasteiger partial charge < -0.3 is 4.74 Å². The summed E-state index contributed by atoms with van der Waals surface area (Å²) in [6.07, 6.45) is 0.804. The second kappa shape index (κ2) is 7.04. The monoisotopic (exact) mass is 364 g/mol. The van der Waals surface area contributed by atoms with Crippen LogP contribution in [0.4, 0.5) is 4.79 Å². The lowest BCUT2D eigenvalue weighted by molar-refractivity contribution is 0.0326. The highest BCUT2D eigenvalue weighted by Crippen LogP contribution is 2.34. The Morgan fingerprint density at radius 1 is 1.24 bits per heavy atom. The first-order valence-corrected chi connectivity index (χ1v) is 9.74. The summed E-state index contributed by atoms with van der Waals surface area (Å²) in [5.41, 5.74) is 0.0809. The summed E-state index contributed by atoms with van der Waals surface area (Å²) in [7, 11) is -4.11. The summed E-state index contributed by atoms with van der Waals surface area (Å²) < 4.78 is 32.4. The van der Waals surface area contributed by atoms with Crippen LogP contribution in [0.3, 0.4) is 0 Å². The number of ether oxygens (including phenoxy) is 1. The van der Waals surface area contributed by atoms with Gasteiger partial charge in [-0.1, -0.05) is 17.7 Å². The van der Waals surface area contributed by atoms with Gasteiger partial charge >= 0.3 is 6.09 Å². The topological polar surface area (TPSA) is 87.5 Å². The standard InChI is InChI=1S/C18H24N2O4S/c1-13-8-10-15(11-9-13)25(22,23)20(17(21)24-18(2,3)4)16-7-5-6-14(16)12-19/h8-11,14,16H,5-7H2,1-4H3/t14-,16+/m0/s1. The minimum Gasteiger partial charge on any atom is -0.443 e. The fourth-order valence-electron chi connectivity index (χ4n) is 2.91. The van der Waals surface area contributed by atoms with Crippen LogP contribution in [0.2, 0.25) is 0 Å². The highest BCUT2D eigenvalue weighted by molar-refractivity contribution is 7.89. The van der Waals surface area contributed by atoms with Crippen molar-refractivity contribution in [3.8, 4) is 6.07 Å². The van der Waals surface area contributed by atoms with Gasteiger partial charge in [0.1, 0.15) is 5.60 Å². The summed E-state index contributed by atoms with van der Waals surface area (Å²) in [5.74, 6) is -0.521. The number of amides is 1. The molecule has 1 fully saturated rings. The lowest BCUT2D eigenvalue weighted by Crippen LogP contribution is -2.48. The van der Waals surface area contributed by atoms with Crippen molar-refractivity contribution in [2.45, 2.75) is 63.5 Å². The van der Waals surface area contributed by atoms with Crippen molar-refractivity contribution in [3.63, 3.8) is 0 Å². The molecular weight excluding hydrogens is 340 g/mol. The lowest BCUT2D eigenvalue weighted by atomic mass is 10.1. The van der Waals surface area contributed by atoms with Gasteiger partial charge in [-0.15, -0.1) is 0 Å². The van der Waals surface area contributed by atoms with Crippen LogP contribution in [0.1, 0.15) is 45.6 Å². The largest absolute Gasteiger partial charge is 0.443 e. The van der Waals surface area contributed by atoms with E-state index < -0.39 is 33.7 Å². The Bertz CT molecular complexity index is 773. The van der Waals surface area contributed by atoms with Crippen LogP contribution in [-0.4, -0.2) is 30.5 Å². The third-order valence-corrected chi connectivity index (χ3v) is 5.90. The van der Waals surface area contributed by atoms with Gasteiger partial charge in [0.05, 0.1) is 22.9 Å². The third-order valence-electron chi connectivity index (χ3n) is 4.10. The smallest absolute Gasteiger partial charge is 0.424 e. The summed E-state index contributed by atoms with van der Waals surface area (Å²) >= 11 is 0. The highest BCUT2D eigenvalue weighted by Gasteiger charge is 2.44. The van der Waals surface area contributed by atoms with E-state index in [1.165, 1.54) is 12.1 Å². The summed E-state index contributed by atoms with van der Waals surface area (Å²) in [6.45, 7) is 6.89. The fourth-order valence-corrected chi connectivity index (χ4v) is 4.46. The molecule has 0 radical (unpaired) electrons. The van der Waals surface area contributed by atoms with E-state index in [0.717, 1.165) is 9.87 Å². The predicted molar refractivity (Wildman–Crippen MR) is 93.2 cm³/mol. The van der Waals surface area contributed by atoms with Crippen LogP contribution < -0.4 is 0 Å². The molecule has 1 saturated carbocycles. The molecule has 0 aliphatic heterocycles. The molecule has 0 unspecified atom stereocenters. The van der Waals surface area contributed by atoms with Gasteiger partial charge in [0.15, 0.2) is 0 Å². The van der Waals surface area contributed by atoms with E-state index in [2.05, 4.69) is 6.07 Å². The molecule has 7 heteroatoms. The SMILES string of the molecule is Cc1ccc(S(=O)(=O)N(C(=O)OC(C)(C)C)[C@@H]2CCC[C@H]2C#N)cc1. The maximum absolute atomic E-state index is 13.1. The Balaban J connectivity index is 2.48. The van der Waals surface area contributed by atoms with Crippen molar-refractivity contribution in [1.29, 1.82) is 5.26 Å². The quantitative estimate of drug-likeness (QED) is 0.817. The van der Waals surface area contributed by atoms with Crippen molar-refractivity contribution < 1.29 is 17.9 Å². The second-order valence-electron chi connectivity index (χ2n) is 7.33. The number of hydrogen-bond acceptors (Lipinski definition) is 5. The van der Waals surface area contributed by atoms with Crippen molar-refractivity contribution in [2.75, 3.05) is 0 Å². The number of carbonyl (C=O) groups excluding carboxylic acids is 1. The van der Waals surface area contributed by atoms with Crippen molar-refractivity contribution in [3.05, 3.63) is 29.8 Å². The molecule has 1 aliphatic carbocycles. The molecule has 1 aromatic rings. The Morgan fingerprint density at radius 3 is 2.36 bits per heavy atom. The van der Waals surface area contributed by atoms with E-state index in [4.69, 9.17) is 4.74 Å². The molecule has 0 aromatic heterocycles. The first-order chi connectivity index (χ1) is 11.6. The Labute approximate surface area is 149 Å². The van der Waals surface area contributed by atoms with E-state index >= 15 is 0 Å². The normalized spacial score (nSPS) is 20.8. The molecular formula is C18H24N2O4S. The number of nitriles is 1. The summed E-state index contributed by atoms with van der Waals surface area (Å²) in [6, 6.07) is 7.72. The van der Waals surface area contributed by atoms with Gasteiger partial charge in [-0.3, -0.25) is 0 Å². The van der Waals surface area contributed by atoms with Crippen LogP contribution in [-0.2, 0) is 14.8 Å². The maximum Gasteiger partial charge on any atom is 0.424 e. The molecule has 1 aromatic carbocycles. The number of benzene rings is 1. The average Bonchev–Trinajstić information content (AvgIpc) is 2.93. The number of hydrogen-bond donors (Lipinski definition) is 0. The molecule has 2 atom stereocenters. The number of carbonyl (C=O) groups is 1. The Morgan fingerprint density at radius 2 is 1.84 bits per heavy atom. The molecule has 2 rings (SSSR count). The van der Waals surface area contributed by atoms with Crippen LogP contribution in [0.25, 0.3) is 0 Å². The molecule has 6 nitrogen and oxygen atoms in total. The van der Waals surface area contributed by atoms with Crippen LogP contribution in [0, 0.1) is 24.2 Å². The van der Waals surface area contributed by atoms with E-state index in [1.54, 1.807) is 32.9 Å². The Hall–Kier alpha value is -2.07. The fraction of sp³-hybridized carbons (Fsp3) is 0.556. The number of sulfonamides is 1. The third kappa shape index (κ3) is 4.31. The first-order valence-electron chi connectivity index (χ1n) is 8.30. The van der Waals surface area contributed by atoms with Crippen molar-refractivity contribution >= 4 is 16.1 Å². The van der Waals surface area contributed by atoms with Gasteiger partial charge in [-0.25, -0.2) is 13.2 Å². The molecule has 1 amide bonds. The van der Waals surface area contributed by atoms with E-state index in [0.29, 0.717) is 19.3 Å². The molecule has 136 valence electrons. The van der Waals surface area contributed by atoms with Gasteiger partial charge in [0.2, 0.25) is 0 Å². The average molecular weight is 364 g/mol. The van der Waals surface area contributed by atoms with E-state index in [-0.39, 0.29) is 4.90 Å². The van der Waals surface area contributed by atoms with Gasteiger partial charge in [-0.2, -0.15) is 9.57 Å². The summed E-state index contributed by atoms with van der Waals surface area (Å²) in [4.78, 5) is 12.7. The predicted octanol–water partition coefficient (Wildman–Crippen LogP) is 3.61. The first kappa shape index (κ1) is 19.3. The molecule has 0 spiro atoms. The second-order valence-corrected chi connectivity index (χ2v) is 9.14. The lowest BCUT2D eigenvalue weighted by Gasteiger charge is -2.32. The minimum atomic E-state index is -4.11. The zero-order chi connectivity index (χ0) is 18.8. The minimum absolute atomic E-state index is 0.0209. The van der Waals surface area contributed by atoms with Crippen molar-refractivity contribution in [1.82, 2.24) is 4.31 Å². The van der Waals surface area contributed by atoms with Crippen LogP contribution >= 0.6 is 0 Å². The van der Waals surface area contributed by atoms with Crippen LogP contribution in [0.15, 0.2) is 29.2 Å². The van der Waals surface area contributed by atoms with Gasteiger partial charge in [0, 0.05) is 0 Å². The maximum atomic E-state index is 13.1. The zero-order valence-corrected chi connectivity index (χ0v) is 15.8. The number of aryl methyl sites for hydroxylation is 1. The molecule has 0 saturated heterocycles. The Kier molecular flexibility index (Phi) is 5.43. The molecule has 25 heavy (non-hydrogen) atoms. The molecule has 1 aliphatic rings. The summed E-state index contributed by atoms with van der Waals surface area (Å²) in [5, 5.41) is 9.35. The van der Waals surface area contributed by atoms with Crippen LogP contribution in [0.5, 0.6) is 0 Å². The van der Waals surface area contributed by atoms with Crippen molar-refractivity contribution in [2.24, 2.45) is 5.92 Å². The van der Waals surface area contributed by atoms with Gasteiger partial charge in [0.25, 0.3) is 10.0 Å². The van der Waals surface area contributed by atoms with Gasteiger partial charge in [-0.05, 0) is 59.1 Å². The molecule has 0 N–H and O–H groups in total. The molecule has 0 heterocycles.